The molecule has 0 radical (unpaired) electrons. The standard InChI is InChI=1S/C24H21NO4S2/c1-14-8-9-19-17(10-22(26)29-23(19)15(14)2)11-28-24(27)20-6-4-5-7-21(20)31-13-18-12-30-16(3)25-18/h4-10,12H,11,13H2,1-3H3. The summed E-state index contributed by atoms with van der Waals surface area (Å²) in [5.41, 5.74) is 4.14. The van der Waals surface area contributed by atoms with E-state index in [1.54, 1.807) is 29.2 Å². The number of nitrogens with zero attached hydrogens (tertiary/aromatic N) is 1. The lowest BCUT2D eigenvalue weighted by Gasteiger charge is -2.11. The Kier molecular flexibility index (Phi) is 6.25. The van der Waals surface area contributed by atoms with Crippen LogP contribution in [0.1, 0.15) is 37.7 Å². The molecule has 5 nitrogen and oxygen atoms in total. The van der Waals surface area contributed by atoms with Gasteiger partial charge in [0.15, 0.2) is 0 Å². The molecule has 158 valence electrons. The fraction of sp³-hybridized carbons (Fsp3) is 0.208. The van der Waals surface area contributed by atoms with E-state index < -0.39 is 11.6 Å². The molecule has 0 atom stereocenters. The summed E-state index contributed by atoms with van der Waals surface area (Å²) >= 11 is 3.16. The van der Waals surface area contributed by atoms with Gasteiger partial charge < -0.3 is 9.15 Å². The van der Waals surface area contributed by atoms with Crippen LogP contribution in [0.4, 0.5) is 0 Å². The average molecular weight is 452 g/mol. The predicted octanol–water partition coefficient (Wildman–Crippen LogP) is 5.82. The van der Waals surface area contributed by atoms with Crippen molar-refractivity contribution in [3.63, 3.8) is 0 Å². The topological polar surface area (TPSA) is 69.4 Å². The lowest BCUT2D eigenvalue weighted by molar-refractivity contribution is 0.0469. The number of carbonyl (C=O) groups is 1. The molecule has 0 amide bonds. The SMILES string of the molecule is Cc1nc(CSc2ccccc2C(=O)OCc2cc(=O)oc3c(C)c(C)ccc23)cs1. The molecule has 0 fully saturated rings. The van der Waals surface area contributed by atoms with E-state index in [9.17, 15) is 9.59 Å². The second-order valence-electron chi connectivity index (χ2n) is 7.19. The second-order valence-corrected chi connectivity index (χ2v) is 9.27. The first-order chi connectivity index (χ1) is 14.9. The molecule has 0 unspecified atom stereocenters. The highest BCUT2D eigenvalue weighted by Crippen LogP contribution is 2.28. The zero-order chi connectivity index (χ0) is 22.0. The number of rotatable bonds is 6. The molecular formula is C24H21NO4S2. The highest BCUT2D eigenvalue weighted by Gasteiger charge is 2.16. The zero-order valence-corrected chi connectivity index (χ0v) is 19.1. The Balaban J connectivity index is 1.53. The summed E-state index contributed by atoms with van der Waals surface area (Å²) in [7, 11) is 0. The highest BCUT2D eigenvalue weighted by atomic mass is 32.2. The van der Waals surface area contributed by atoms with Crippen molar-refractivity contribution < 1.29 is 13.9 Å². The van der Waals surface area contributed by atoms with E-state index in [0.29, 0.717) is 22.5 Å². The highest BCUT2D eigenvalue weighted by molar-refractivity contribution is 7.98. The monoisotopic (exact) mass is 451 g/mol. The van der Waals surface area contributed by atoms with Crippen LogP contribution in [0.25, 0.3) is 11.0 Å². The van der Waals surface area contributed by atoms with E-state index in [1.807, 2.05) is 56.5 Å². The molecular weight excluding hydrogens is 430 g/mol. The largest absolute Gasteiger partial charge is 0.457 e. The number of ether oxygens (including phenoxy) is 1. The Bertz CT molecular complexity index is 1320. The number of thioether (sulfide) groups is 1. The van der Waals surface area contributed by atoms with Crippen molar-refractivity contribution in [1.29, 1.82) is 0 Å². The third-order valence-electron chi connectivity index (χ3n) is 5.03. The Morgan fingerprint density at radius 2 is 1.97 bits per heavy atom. The van der Waals surface area contributed by atoms with Crippen molar-refractivity contribution in [2.45, 2.75) is 38.0 Å². The molecule has 0 spiro atoms. The summed E-state index contributed by atoms with van der Waals surface area (Å²) in [6.45, 7) is 5.84. The van der Waals surface area contributed by atoms with Crippen LogP contribution in [0, 0.1) is 20.8 Å². The molecule has 2 heterocycles. The molecule has 2 aromatic carbocycles. The van der Waals surface area contributed by atoms with Gasteiger partial charge in [0.25, 0.3) is 0 Å². The number of thiazole rings is 1. The van der Waals surface area contributed by atoms with Gasteiger partial charge in [-0.25, -0.2) is 14.6 Å². The first-order valence-electron chi connectivity index (χ1n) is 9.75. The minimum atomic E-state index is -0.457. The number of hydrogen-bond donors (Lipinski definition) is 0. The minimum absolute atomic E-state index is 0.00623. The molecule has 0 aliphatic heterocycles. The maximum Gasteiger partial charge on any atom is 0.339 e. The minimum Gasteiger partial charge on any atom is -0.457 e. The first-order valence-corrected chi connectivity index (χ1v) is 11.6. The lowest BCUT2D eigenvalue weighted by atomic mass is 10.0. The van der Waals surface area contributed by atoms with Gasteiger partial charge in [-0.05, 0) is 44.0 Å². The summed E-state index contributed by atoms with van der Waals surface area (Å²) in [6.07, 6.45) is 0. The first kappa shape index (κ1) is 21.3. The van der Waals surface area contributed by atoms with E-state index in [1.165, 1.54) is 6.07 Å². The van der Waals surface area contributed by atoms with Gasteiger partial charge in [-0.3, -0.25) is 0 Å². The van der Waals surface area contributed by atoms with Crippen LogP contribution in [0.5, 0.6) is 0 Å². The quantitative estimate of drug-likeness (QED) is 0.209. The van der Waals surface area contributed by atoms with Crippen LogP contribution in [0.15, 0.2) is 62.0 Å². The Morgan fingerprint density at radius 3 is 2.74 bits per heavy atom. The maximum absolute atomic E-state index is 12.8. The number of fused-ring (bicyclic) bond motifs is 1. The van der Waals surface area contributed by atoms with Crippen molar-refractivity contribution in [1.82, 2.24) is 4.98 Å². The smallest absolute Gasteiger partial charge is 0.339 e. The Labute approximate surface area is 188 Å². The summed E-state index contributed by atoms with van der Waals surface area (Å²) in [4.78, 5) is 30.2. The Hall–Kier alpha value is -2.90. The summed E-state index contributed by atoms with van der Waals surface area (Å²) in [6, 6.07) is 12.6. The fourth-order valence-corrected chi connectivity index (χ4v) is 4.90. The van der Waals surface area contributed by atoms with Gasteiger partial charge in [0.2, 0.25) is 0 Å². The van der Waals surface area contributed by atoms with Crippen LogP contribution in [-0.4, -0.2) is 11.0 Å². The molecule has 4 rings (SSSR count). The molecule has 0 bridgehead atoms. The lowest BCUT2D eigenvalue weighted by Crippen LogP contribution is -2.09. The van der Waals surface area contributed by atoms with Crippen LogP contribution < -0.4 is 5.63 Å². The van der Waals surface area contributed by atoms with Crippen LogP contribution in [0.3, 0.4) is 0 Å². The molecule has 0 aliphatic carbocycles. The van der Waals surface area contributed by atoms with Crippen LogP contribution >= 0.6 is 23.1 Å². The van der Waals surface area contributed by atoms with Gasteiger partial charge in [0.1, 0.15) is 12.2 Å². The molecule has 0 saturated heterocycles. The van der Waals surface area contributed by atoms with E-state index in [2.05, 4.69) is 4.98 Å². The second kappa shape index (κ2) is 9.08. The number of esters is 1. The summed E-state index contributed by atoms with van der Waals surface area (Å²) < 4.78 is 11.0. The van der Waals surface area contributed by atoms with E-state index in [4.69, 9.17) is 9.15 Å². The van der Waals surface area contributed by atoms with Crippen molar-refractivity contribution in [2.75, 3.05) is 0 Å². The third kappa shape index (κ3) is 4.73. The van der Waals surface area contributed by atoms with Crippen molar-refractivity contribution >= 4 is 40.0 Å². The molecule has 31 heavy (non-hydrogen) atoms. The maximum atomic E-state index is 12.8. The molecule has 4 aromatic rings. The van der Waals surface area contributed by atoms with Gasteiger partial charge in [-0.15, -0.1) is 23.1 Å². The van der Waals surface area contributed by atoms with Crippen LogP contribution in [-0.2, 0) is 17.1 Å². The fourth-order valence-electron chi connectivity index (χ4n) is 3.25. The predicted molar refractivity (Wildman–Crippen MR) is 124 cm³/mol. The molecule has 0 N–H and O–H groups in total. The number of benzene rings is 2. The number of aryl methyl sites for hydroxylation is 3. The summed E-state index contributed by atoms with van der Waals surface area (Å²) in [5, 5.41) is 3.82. The molecule has 7 heteroatoms. The summed E-state index contributed by atoms with van der Waals surface area (Å²) in [5.74, 6) is 0.250. The van der Waals surface area contributed by atoms with Crippen molar-refractivity contribution in [3.05, 3.63) is 91.2 Å². The van der Waals surface area contributed by atoms with Gasteiger partial charge in [-0.1, -0.05) is 24.3 Å². The third-order valence-corrected chi connectivity index (χ3v) is 6.95. The number of carbonyl (C=O) groups excluding carboxylic acids is 1. The van der Waals surface area contributed by atoms with E-state index >= 15 is 0 Å². The van der Waals surface area contributed by atoms with E-state index in [0.717, 1.165) is 32.1 Å². The number of aromatic nitrogens is 1. The molecule has 0 saturated carbocycles. The van der Waals surface area contributed by atoms with Gasteiger partial charge in [-0.2, -0.15) is 0 Å². The zero-order valence-electron chi connectivity index (χ0n) is 17.4. The molecule has 0 aliphatic rings. The normalized spacial score (nSPS) is 11.1. The van der Waals surface area contributed by atoms with Gasteiger partial charge >= 0.3 is 11.6 Å². The van der Waals surface area contributed by atoms with Crippen molar-refractivity contribution in [2.24, 2.45) is 0 Å². The van der Waals surface area contributed by atoms with Gasteiger partial charge in [0.05, 0.1) is 16.3 Å². The molecule has 2 aromatic heterocycles. The van der Waals surface area contributed by atoms with Gasteiger partial charge in [0, 0.05) is 33.0 Å². The average Bonchev–Trinajstić information content (AvgIpc) is 3.18. The number of hydrogen-bond acceptors (Lipinski definition) is 7. The van der Waals surface area contributed by atoms with Crippen molar-refractivity contribution in [3.8, 4) is 0 Å². The van der Waals surface area contributed by atoms with E-state index in [-0.39, 0.29) is 6.61 Å². The Morgan fingerprint density at radius 1 is 1.16 bits per heavy atom. The van der Waals surface area contributed by atoms with Crippen LogP contribution in [0.2, 0.25) is 0 Å².